The van der Waals surface area contributed by atoms with E-state index < -0.39 is 9.84 Å². The maximum absolute atomic E-state index is 11.5. The van der Waals surface area contributed by atoms with Gasteiger partial charge in [0.1, 0.15) is 5.82 Å². The number of hydrogen-bond acceptors (Lipinski definition) is 3. The predicted octanol–water partition coefficient (Wildman–Crippen LogP) is 3.76. The van der Waals surface area contributed by atoms with Gasteiger partial charge in [-0.1, -0.05) is 46.3 Å². The summed E-state index contributed by atoms with van der Waals surface area (Å²) in [6.45, 7) is 0.626. The summed E-state index contributed by atoms with van der Waals surface area (Å²) in [4.78, 5) is 4.77. The molecule has 118 valence electrons. The fourth-order valence-corrected chi connectivity index (χ4v) is 3.45. The van der Waals surface area contributed by atoms with Crippen LogP contribution in [0.25, 0.3) is 11.4 Å². The topological polar surface area (TPSA) is 52.0 Å². The normalized spacial score (nSPS) is 11.6. The second-order valence-electron chi connectivity index (χ2n) is 5.27. The van der Waals surface area contributed by atoms with Crippen molar-refractivity contribution in [2.24, 2.45) is 0 Å². The number of hydrogen-bond donors (Lipinski definition) is 0. The lowest BCUT2D eigenvalue weighted by atomic mass is 10.2. The molecule has 0 aliphatic carbocycles. The number of aromatic nitrogens is 2. The molecule has 0 N–H and O–H groups in total. The highest BCUT2D eigenvalue weighted by Crippen LogP contribution is 2.27. The first-order chi connectivity index (χ1) is 10.9. The Morgan fingerprint density at radius 3 is 2.43 bits per heavy atom. The Kier molecular flexibility index (Phi) is 4.37. The predicted molar refractivity (Wildman–Crippen MR) is 94.0 cm³/mol. The third kappa shape index (κ3) is 3.54. The van der Waals surface area contributed by atoms with Gasteiger partial charge in [-0.15, -0.1) is 0 Å². The van der Waals surface area contributed by atoms with Crippen LogP contribution in [-0.4, -0.2) is 24.2 Å². The van der Waals surface area contributed by atoms with Gasteiger partial charge in [0, 0.05) is 35.2 Å². The van der Waals surface area contributed by atoms with Gasteiger partial charge in [0.25, 0.3) is 0 Å². The van der Waals surface area contributed by atoms with Crippen molar-refractivity contribution in [1.82, 2.24) is 9.55 Å². The van der Waals surface area contributed by atoms with Gasteiger partial charge < -0.3 is 4.57 Å². The molecule has 0 aliphatic heterocycles. The first kappa shape index (κ1) is 16.0. The standard InChI is InChI=1S/C17H15BrN2O2S/c1-23(21,22)14-8-6-13(7-9-14)12-20-11-10-19-17(20)15-4-2-3-5-16(15)18/h2-11H,12H2,1H3. The molecule has 0 bridgehead atoms. The van der Waals surface area contributed by atoms with Crippen LogP contribution in [0.4, 0.5) is 0 Å². The highest BCUT2D eigenvalue weighted by atomic mass is 79.9. The van der Waals surface area contributed by atoms with Crippen LogP contribution < -0.4 is 0 Å². The fourth-order valence-electron chi connectivity index (χ4n) is 2.36. The van der Waals surface area contributed by atoms with Gasteiger partial charge >= 0.3 is 0 Å². The fraction of sp³-hybridized carbons (Fsp3) is 0.118. The second kappa shape index (κ2) is 6.29. The van der Waals surface area contributed by atoms with Crippen molar-refractivity contribution in [3.8, 4) is 11.4 Å². The van der Waals surface area contributed by atoms with E-state index in [0.717, 1.165) is 21.4 Å². The molecule has 0 radical (unpaired) electrons. The van der Waals surface area contributed by atoms with E-state index in [1.54, 1.807) is 18.3 Å². The maximum atomic E-state index is 11.5. The third-order valence-corrected chi connectivity index (χ3v) is 5.35. The summed E-state index contributed by atoms with van der Waals surface area (Å²) in [7, 11) is -3.16. The van der Waals surface area contributed by atoms with Crippen LogP contribution in [0.5, 0.6) is 0 Å². The van der Waals surface area contributed by atoms with Gasteiger partial charge in [0.2, 0.25) is 0 Å². The molecule has 0 amide bonds. The Morgan fingerprint density at radius 1 is 1.09 bits per heavy atom. The molecule has 3 aromatic rings. The largest absolute Gasteiger partial charge is 0.327 e. The van der Waals surface area contributed by atoms with Gasteiger partial charge in [0.05, 0.1) is 4.90 Å². The zero-order chi connectivity index (χ0) is 16.4. The summed E-state index contributed by atoms with van der Waals surface area (Å²) in [5.74, 6) is 0.865. The third-order valence-electron chi connectivity index (χ3n) is 3.53. The number of sulfone groups is 1. The van der Waals surface area contributed by atoms with Crippen molar-refractivity contribution in [3.05, 3.63) is 71.0 Å². The Hall–Kier alpha value is -1.92. The van der Waals surface area contributed by atoms with Crippen LogP contribution in [0.3, 0.4) is 0 Å². The summed E-state index contributed by atoms with van der Waals surface area (Å²) >= 11 is 3.55. The molecule has 0 saturated heterocycles. The van der Waals surface area contributed by atoms with E-state index in [-0.39, 0.29) is 0 Å². The highest BCUT2D eigenvalue weighted by molar-refractivity contribution is 9.10. The monoisotopic (exact) mass is 390 g/mol. The number of nitrogens with zero attached hydrogens (tertiary/aromatic N) is 2. The van der Waals surface area contributed by atoms with Crippen molar-refractivity contribution in [3.63, 3.8) is 0 Å². The Balaban J connectivity index is 1.91. The minimum Gasteiger partial charge on any atom is -0.327 e. The molecular formula is C17H15BrN2O2S. The molecule has 6 heteroatoms. The van der Waals surface area contributed by atoms with E-state index in [2.05, 4.69) is 20.9 Å². The highest BCUT2D eigenvalue weighted by Gasteiger charge is 2.10. The number of halogens is 1. The van der Waals surface area contributed by atoms with E-state index in [9.17, 15) is 8.42 Å². The number of imidazole rings is 1. The smallest absolute Gasteiger partial charge is 0.175 e. The van der Waals surface area contributed by atoms with Gasteiger partial charge in [-0.2, -0.15) is 0 Å². The summed E-state index contributed by atoms with van der Waals surface area (Å²) in [6, 6.07) is 14.9. The Morgan fingerprint density at radius 2 is 1.78 bits per heavy atom. The van der Waals surface area contributed by atoms with Gasteiger partial charge in [-0.3, -0.25) is 0 Å². The first-order valence-electron chi connectivity index (χ1n) is 7.00. The van der Waals surface area contributed by atoms with Crippen LogP contribution in [-0.2, 0) is 16.4 Å². The minimum atomic E-state index is -3.16. The lowest BCUT2D eigenvalue weighted by molar-refractivity contribution is 0.602. The number of benzene rings is 2. The summed E-state index contributed by atoms with van der Waals surface area (Å²) < 4.78 is 26.1. The van der Waals surface area contributed by atoms with Crippen LogP contribution >= 0.6 is 15.9 Å². The van der Waals surface area contributed by atoms with Crippen molar-refractivity contribution in [2.75, 3.05) is 6.26 Å². The summed E-state index contributed by atoms with van der Waals surface area (Å²) in [6.07, 6.45) is 4.89. The molecule has 0 aliphatic rings. The first-order valence-corrected chi connectivity index (χ1v) is 9.68. The minimum absolute atomic E-state index is 0.331. The van der Waals surface area contributed by atoms with E-state index in [1.807, 2.05) is 47.2 Å². The van der Waals surface area contributed by atoms with Gasteiger partial charge in [-0.25, -0.2) is 13.4 Å². The average Bonchev–Trinajstić information content (AvgIpc) is 2.95. The van der Waals surface area contributed by atoms with E-state index in [1.165, 1.54) is 6.26 Å². The molecule has 2 aromatic carbocycles. The van der Waals surface area contributed by atoms with Crippen LogP contribution in [0.1, 0.15) is 5.56 Å². The maximum Gasteiger partial charge on any atom is 0.175 e. The van der Waals surface area contributed by atoms with E-state index in [0.29, 0.717) is 11.4 Å². The summed E-state index contributed by atoms with van der Waals surface area (Å²) in [5.41, 5.74) is 2.04. The molecule has 0 fully saturated rings. The zero-order valence-corrected chi connectivity index (χ0v) is 14.9. The molecule has 23 heavy (non-hydrogen) atoms. The Labute approximate surface area is 143 Å². The van der Waals surface area contributed by atoms with Crippen LogP contribution in [0, 0.1) is 0 Å². The van der Waals surface area contributed by atoms with Gasteiger partial charge in [-0.05, 0) is 23.8 Å². The van der Waals surface area contributed by atoms with E-state index in [4.69, 9.17) is 0 Å². The van der Waals surface area contributed by atoms with Crippen molar-refractivity contribution in [1.29, 1.82) is 0 Å². The molecule has 4 nitrogen and oxygen atoms in total. The van der Waals surface area contributed by atoms with Gasteiger partial charge in [0.15, 0.2) is 9.84 Å². The second-order valence-corrected chi connectivity index (χ2v) is 8.14. The average molecular weight is 391 g/mol. The lowest BCUT2D eigenvalue weighted by Gasteiger charge is -2.10. The molecule has 3 rings (SSSR count). The lowest BCUT2D eigenvalue weighted by Crippen LogP contribution is -2.02. The molecule has 0 spiro atoms. The Bertz CT molecular complexity index is 931. The zero-order valence-electron chi connectivity index (χ0n) is 12.5. The number of rotatable bonds is 4. The molecule has 0 saturated carbocycles. The summed E-state index contributed by atoms with van der Waals surface area (Å²) in [5, 5.41) is 0. The molecule has 1 heterocycles. The molecule has 0 atom stereocenters. The molecule has 1 aromatic heterocycles. The van der Waals surface area contributed by atoms with Crippen molar-refractivity contribution >= 4 is 25.8 Å². The molecular weight excluding hydrogens is 376 g/mol. The van der Waals surface area contributed by atoms with E-state index >= 15 is 0 Å². The van der Waals surface area contributed by atoms with Crippen LogP contribution in [0.2, 0.25) is 0 Å². The quantitative estimate of drug-likeness (QED) is 0.681. The van der Waals surface area contributed by atoms with Crippen molar-refractivity contribution < 1.29 is 8.42 Å². The SMILES string of the molecule is CS(=O)(=O)c1ccc(Cn2ccnc2-c2ccccc2Br)cc1. The molecule has 0 unspecified atom stereocenters. The van der Waals surface area contributed by atoms with Crippen molar-refractivity contribution in [2.45, 2.75) is 11.4 Å². The van der Waals surface area contributed by atoms with Crippen LogP contribution in [0.15, 0.2) is 70.3 Å².